The van der Waals surface area contributed by atoms with Gasteiger partial charge in [0.05, 0.1) is 18.8 Å². The molecule has 1 aromatic rings. The first-order chi connectivity index (χ1) is 6.81. The highest BCUT2D eigenvalue weighted by Crippen LogP contribution is 2.22. The highest BCUT2D eigenvalue weighted by Gasteiger charge is 2.20. The fraction of sp³-hybridized carbons (Fsp3) is 0.667. The topological polar surface area (TPSA) is 59.9 Å². The summed E-state index contributed by atoms with van der Waals surface area (Å²) in [4.78, 5) is 4.20. The van der Waals surface area contributed by atoms with Crippen molar-refractivity contribution in [2.75, 3.05) is 13.7 Å². The minimum Gasteiger partial charge on any atom is -0.466 e. The van der Waals surface area contributed by atoms with Crippen molar-refractivity contribution < 1.29 is 4.74 Å². The van der Waals surface area contributed by atoms with E-state index < -0.39 is 0 Å². The van der Waals surface area contributed by atoms with Gasteiger partial charge in [-0.3, -0.25) is 0 Å². The molecule has 2 heterocycles. The molecule has 1 aliphatic rings. The van der Waals surface area contributed by atoms with Crippen molar-refractivity contribution in [3.8, 4) is 6.01 Å². The van der Waals surface area contributed by atoms with E-state index in [9.17, 15) is 0 Å². The lowest BCUT2D eigenvalue weighted by Gasteiger charge is -2.10. The van der Waals surface area contributed by atoms with Crippen molar-refractivity contribution in [2.45, 2.75) is 25.8 Å². The fourth-order valence-electron chi connectivity index (χ4n) is 1.72. The van der Waals surface area contributed by atoms with Gasteiger partial charge in [-0.1, -0.05) is 5.10 Å². The summed E-state index contributed by atoms with van der Waals surface area (Å²) in [6.45, 7) is 2.99. The van der Waals surface area contributed by atoms with Crippen LogP contribution in [-0.4, -0.2) is 28.8 Å². The number of aryl methyl sites for hydroxylation is 1. The van der Waals surface area contributed by atoms with Crippen molar-refractivity contribution in [3.63, 3.8) is 0 Å². The number of methoxy groups -OCH3 is 1. The molecule has 0 amide bonds. The van der Waals surface area contributed by atoms with Gasteiger partial charge in [0, 0.05) is 0 Å². The highest BCUT2D eigenvalue weighted by molar-refractivity contribution is 5.15. The van der Waals surface area contributed by atoms with Crippen LogP contribution in [0.5, 0.6) is 6.01 Å². The van der Waals surface area contributed by atoms with E-state index in [1.807, 2.05) is 6.92 Å². The number of nitrogens with one attached hydrogen (secondary N) is 1. The molecule has 0 radical (unpaired) electrons. The Morgan fingerprint density at radius 3 is 2.86 bits per heavy atom. The fourth-order valence-corrected chi connectivity index (χ4v) is 1.72. The maximum Gasteiger partial charge on any atom is 0.335 e. The van der Waals surface area contributed by atoms with Crippen LogP contribution in [-0.2, 0) is 0 Å². The number of aromatic nitrogens is 3. The third-order valence-corrected chi connectivity index (χ3v) is 2.45. The number of hydrogen-bond donors (Lipinski definition) is 1. The Morgan fingerprint density at radius 2 is 2.29 bits per heavy atom. The zero-order valence-electron chi connectivity index (χ0n) is 8.45. The average Bonchev–Trinajstić information content (AvgIpc) is 2.70. The van der Waals surface area contributed by atoms with Crippen LogP contribution in [0.2, 0.25) is 0 Å². The van der Waals surface area contributed by atoms with Crippen LogP contribution >= 0.6 is 0 Å². The second-order valence-electron chi connectivity index (χ2n) is 3.42. The Hall–Kier alpha value is -1.23. The molecule has 5 heteroatoms. The van der Waals surface area contributed by atoms with Gasteiger partial charge in [0.15, 0.2) is 0 Å². The Balaban J connectivity index is 2.25. The SMILES string of the molecule is COc1nnc(C2CCCN2)c(C)n1. The normalized spacial score (nSPS) is 21.1. The third kappa shape index (κ3) is 1.68. The second kappa shape index (κ2) is 3.88. The van der Waals surface area contributed by atoms with Crippen molar-refractivity contribution in [1.82, 2.24) is 20.5 Å². The van der Waals surface area contributed by atoms with Crippen LogP contribution in [0.4, 0.5) is 0 Å². The standard InChI is InChI=1S/C9H14N4O/c1-6-8(7-4-3-5-10-7)12-13-9(11-6)14-2/h7,10H,3-5H2,1-2H3. The van der Waals surface area contributed by atoms with E-state index in [4.69, 9.17) is 4.74 Å². The van der Waals surface area contributed by atoms with E-state index >= 15 is 0 Å². The molecule has 1 aliphatic heterocycles. The molecule has 0 bridgehead atoms. The molecule has 1 unspecified atom stereocenters. The molecule has 2 rings (SSSR count). The molecule has 1 N–H and O–H groups in total. The maximum absolute atomic E-state index is 4.91. The first-order valence-electron chi connectivity index (χ1n) is 4.80. The van der Waals surface area contributed by atoms with Gasteiger partial charge in [-0.15, -0.1) is 5.10 Å². The second-order valence-corrected chi connectivity index (χ2v) is 3.42. The number of rotatable bonds is 2. The van der Waals surface area contributed by atoms with Gasteiger partial charge in [0.25, 0.3) is 0 Å². The molecule has 76 valence electrons. The number of hydrogen-bond acceptors (Lipinski definition) is 5. The van der Waals surface area contributed by atoms with Gasteiger partial charge >= 0.3 is 6.01 Å². The first-order valence-corrected chi connectivity index (χ1v) is 4.80. The smallest absolute Gasteiger partial charge is 0.335 e. The van der Waals surface area contributed by atoms with E-state index in [1.165, 1.54) is 6.42 Å². The molecule has 5 nitrogen and oxygen atoms in total. The van der Waals surface area contributed by atoms with E-state index in [2.05, 4.69) is 20.5 Å². The summed E-state index contributed by atoms with van der Waals surface area (Å²) in [5.41, 5.74) is 1.85. The average molecular weight is 194 g/mol. The molecule has 0 saturated carbocycles. The van der Waals surface area contributed by atoms with Crippen LogP contribution in [0.25, 0.3) is 0 Å². The molecular formula is C9H14N4O. The van der Waals surface area contributed by atoms with Crippen molar-refractivity contribution >= 4 is 0 Å². The van der Waals surface area contributed by atoms with Crippen LogP contribution in [0.3, 0.4) is 0 Å². The van der Waals surface area contributed by atoms with Gasteiger partial charge < -0.3 is 10.1 Å². The molecule has 1 fully saturated rings. The summed E-state index contributed by atoms with van der Waals surface area (Å²) in [6.07, 6.45) is 2.31. The Kier molecular flexibility index (Phi) is 2.58. The Bertz CT molecular complexity index is 323. The first kappa shape index (κ1) is 9.33. The van der Waals surface area contributed by atoms with Crippen LogP contribution < -0.4 is 10.1 Å². The number of nitrogens with zero attached hydrogens (tertiary/aromatic N) is 3. The van der Waals surface area contributed by atoms with Crippen LogP contribution in [0, 0.1) is 6.92 Å². The highest BCUT2D eigenvalue weighted by atomic mass is 16.5. The Morgan fingerprint density at radius 1 is 1.43 bits per heavy atom. The van der Waals surface area contributed by atoms with Crippen molar-refractivity contribution in [3.05, 3.63) is 11.4 Å². The van der Waals surface area contributed by atoms with Crippen LogP contribution in [0.15, 0.2) is 0 Å². The molecular weight excluding hydrogens is 180 g/mol. The van der Waals surface area contributed by atoms with Gasteiger partial charge in [-0.2, -0.15) is 4.98 Å². The molecule has 1 saturated heterocycles. The summed E-state index contributed by atoms with van der Waals surface area (Å²) < 4.78 is 4.91. The van der Waals surface area contributed by atoms with Gasteiger partial charge in [0.1, 0.15) is 5.69 Å². The molecule has 14 heavy (non-hydrogen) atoms. The van der Waals surface area contributed by atoms with E-state index in [-0.39, 0.29) is 0 Å². The van der Waals surface area contributed by atoms with Crippen molar-refractivity contribution in [1.29, 1.82) is 0 Å². The molecule has 0 aromatic carbocycles. The summed E-state index contributed by atoms with van der Waals surface area (Å²) in [7, 11) is 1.55. The minimum absolute atomic E-state index is 0.320. The molecule has 1 atom stereocenters. The summed E-state index contributed by atoms with van der Waals surface area (Å²) >= 11 is 0. The predicted octanol–water partition coefficient (Wildman–Crippen LogP) is 0.613. The lowest BCUT2D eigenvalue weighted by molar-refractivity contribution is 0.369. The van der Waals surface area contributed by atoms with Gasteiger partial charge in [-0.25, -0.2) is 0 Å². The summed E-state index contributed by atoms with van der Waals surface area (Å²) in [5, 5.41) is 11.4. The van der Waals surface area contributed by atoms with Gasteiger partial charge in [0.2, 0.25) is 0 Å². The lowest BCUT2D eigenvalue weighted by Crippen LogP contribution is -2.17. The lowest BCUT2D eigenvalue weighted by atomic mass is 10.1. The largest absolute Gasteiger partial charge is 0.466 e. The summed E-state index contributed by atoms with van der Waals surface area (Å²) in [6, 6.07) is 0.658. The monoisotopic (exact) mass is 194 g/mol. The molecule has 0 spiro atoms. The number of ether oxygens (including phenoxy) is 1. The zero-order valence-corrected chi connectivity index (χ0v) is 8.45. The zero-order chi connectivity index (χ0) is 9.97. The van der Waals surface area contributed by atoms with Gasteiger partial charge in [-0.05, 0) is 26.3 Å². The van der Waals surface area contributed by atoms with E-state index in [0.717, 1.165) is 24.4 Å². The molecule has 1 aromatic heterocycles. The van der Waals surface area contributed by atoms with Crippen LogP contribution in [0.1, 0.15) is 30.3 Å². The minimum atomic E-state index is 0.320. The Labute approximate surface area is 82.9 Å². The molecule has 0 aliphatic carbocycles. The quantitative estimate of drug-likeness (QED) is 0.747. The van der Waals surface area contributed by atoms with E-state index in [0.29, 0.717) is 12.1 Å². The maximum atomic E-state index is 4.91. The van der Waals surface area contributed by atoms with E-state index in [1.54, 1.807) is 7.11 Å². The third-order valence-electron chi connectivity index (χ3n) is 2.45. The van der Waals surface area contributed by atoms with Crippen molar-refractivity contribution in [2.24, 2.45) is 0 Å². The summed E-state index contributed by atoms with van der Waals surface area (Å²) in [5.74, 6) is 0. The predicted molar refractivity (Wildman–Crippen MR) is 51.1 cm³/mol.